The molecule has 0 spiro atoms. The van der Waals surface area contributed by atoms with Crippen LogP contribution in [-0.2, 0) is 14.3 Å². The lowest BCUT2D eigenvalue weighted by atomic mass is 10.5. The van der Waals surface area contributed by atoms with Crippen molar-refractivity contribution in [1.29, 1.82) is 0 Å². The average molecular weight is 210 g/mol. The van der Waals surface area contributed by atoms with E-state index in [1.54, 1.807) is 6.92 Å². The zero-order valence-corrected chi connectivity index (χ0v) is 9.23. The van der Waals surface area contributed by atoms with E-state index in [-0.39, 0.29) is 23.0 Å². The Balaban J connectivity index is 3.75. The average Bonchev–Trinajstić information content (AvgIpc) is 2.03. The maximum Gasteiger partial charge on any atom is 0.316 e. The molecule has 0 aliphatic heterocycles. The molecule has 0 aromatic rings. The van der Waals surface area contributed by atoms with Gasteiger partial charge in [-0.15, -0.1) is 0 Å². The largest absolute Gasteiger partial charge is 0.480 e. The summed E-state index contributed by atoms with van der Waals surface area (Å²) < 4.78 is 10.1. The molecule has 0 heterocycles. The molecule has 0 saturated heterocycles. The minimum absolute atomic E-state index is 0.186. The number of hydrogen-bond acceptors (Lipinski definition) is 4. The molecule has 12 heavy (non-hydrogen) atoms. The topological polar surface area (TPSA) is 35.5 Å². The van der Waals surface area contributed by atoms with E-state index in [0.717, 1.165) is 0 Å². The van der Waals surface area contributed by atoms with Crippen molar-refractivity contribution in [3.05, 3.63) is 0 Å². The molecular weight excluding hydrogens is 196 g/mol. The van der Waals surface area contributed by atoms with Gasteiger partial charge in [0.2, 0.25) is 0 Å². The summed E-state index contributed by atoms with van der Waals surface area (Å²) in [5.74, 6) is -0.240. The Morgan fingerprint density at radius 1 is 1.67 bits per heavy atom. The van der Waals surface area contributed by atoms with Crippen LogP contribution in [0.25, 0.3) is 0 Å². The highest BCUT2D eigenvalue weighted by Crippen LogP contribution is 2.14. The highest BCUT2D eigenvalue weighted by atomic mass is 32.2. The SMILES string of the molecule is CCOC(=S)[SH2]C(C)C(=O)OC. The molecule has 0 rings (SSSR count). The van der Waals surface area contributed by atoms with Crippen LogP contribution < -0.4 is 0 Å². The van der Waals surface area contributed by atoms with Crippen molar-refractivity contribution in [3.63, 3.8) is 0 Å². The van der Waals surface area contributed by atoms with E-state index in [4.69, 9.17) is 17.0 Å². The fourth-order valence-corrected chi connectivity index (χ4v) is 2.05. The van der Waals surface area contributed by atoms with E-state index >= 15 is 0 Å². The van der Waals surface area contributed by atoms with Crippen LogP contribution in [0.3, 0.4) is 0 Å². The minimum atomic E-state index is -0.240. The predicted octanol–water partition coefficient (Wildman–Crippen LogP) is 1.07. The lowest BCUT2D eigenvalue weighted by Crippen LogP contribution is -2.17. The van der Waals surface area contributed by atoms with Crippen molar-refractivity contribution in [2.45, 2.75) is 19.1 Å². The van der Waals surface area contributed by atoms with Crippen LogP contribution in [0, 0.1) is 0 Å². The van der Waals surface area contributed by atoms with Gasteiger partial charge >= 0.3 is 5.97 Å². The summed E-state index contributed by atoms with van der Waals surface area (Å²) in [5.41, 5.74) is 0. The second-order valence-corrected chi connectivity index (χ2v) is 4.45. The van der Waals surface area contributed by atoms with Crippen molar-refractivity contribution in [3.8, 4) is 0 Å². The minimum Gasteiger partial charge on any atom is -0.480 e. The van der Waals surface area contributed by atoms with Gasteiger partial charge in [0, 0.05) is 0 Å². The number of rotatable bonds is 3. The summed E-state index contributed by atoms with van der Waals surface area (Å²) in [7, 11) is 1.37. The first-order valence-electron chi connectivity index (χ1n) is 3.63. The monoisotopic (exact) mass is 210 g/mol. The second-order valence-electron chi connectivity index (χ2n) is 2.11. The van der Waals surface area contributed by atoms with E-state index in [1.807, 2.05) is 6.92 Å². The Kier molecular flexibility index (Phi) is 6.10. The smallest absolute Gasteiger partial charge is 0.316 e. The normalized spacial score (nSPS) is 13.6. The highest BCUT2D eigenvalue weighted by Gasteiger charge is 2.13. The van der Waals surface area contributed by atoms with Gasteiger partial charge in [0.15, 0.2) is 4.38 Å². The molecule has 0 amide bonds. The van der Waals surface area contributed by atoms with Crippen LogP contribution in [-0.4, -0.2) is 29.3 Å². The lowest BCUT2D eigenvalue weighted by Gasteiger charge is -2.11. The summed E-state index contributed by atoms with van der Waals surface area (Å²) >= 11 is 5.09. The van der Waals surface area contributed by atoms with E-state index in [1.165, 1.54) is 7.11 Å². The molecule has 3 nitrogen and oxygen atoms in total. The van der Waals surface area contributed by atoms with Crippen LogP contribution in [0.4, 0.5) is 0 Å². The molecule has 0 fully saturated rings. The molecule has 0 radical (unpaired) electrons. The molecule has 72 valence electrons. The first kappa shape index (κ1) is 11.7. The van der Waals surface area contributed by atoms with Gasteiger partial charge in [-0.2, -0.15) is 11.8 Å². The van der Waals surface area contributed by atoms with E-state index in [2.05, 4.69) is 4.74 Å². The molecule has 5 heteroatoms. The predicted molar refractivity (Wildman–Crippen MR) is 56.1 cm³/mol. The van der Waals surface area contributed by atoms with E-state index in [0.29, 0.717) is 11.0 Å². The molecule has 1 unspecified atom stereocenters. The van der Waals surface area contributed by atoms with Gasteiger partial charge < -0.3 is 9.47 Å². The van der Waals surface area contributed by atoms with Gasteiger partial charge in [-0.3, -0.25) is 4.79 Å². The molecule has 1 atom stereocenters. The Morgan fingerprint density at radius 2 is 2.25 bits per heavy atom. The van der Waals surface area contributed by atoms with Crippen LogP contribution in [0.1, 0.15) is 13.8 Å². The zero-order chi connectivity index (χ0) is 9.56. The number of thiocarbonyl (C=S) groups is 1. The maximum absolute atomic E-state index is 10.9. The first-order chi connectivity index (χ1) is 5.61. The first-order valence-corrected chi connectivity index (χ1v) is 5.11. The van der Waals surface area contributed by atoms with Crippen LogP contribution in [0.2, 0.25) is 0 Å². The number of methoxy groups -OCH3 is 1. The Morgan fingerprint density at radius 3 is 2.67 bits per heavy atom. The lowest BCUT2D eigenvalue weighted by molar-refractivity contribution is -0.139. The molecule has 0 saturated carbocycles. The van der Waals surface area contributed by atoms with Gasteiger partial charge in [-0.25, -0.2) is 0 Å². The number of carbonyl (C=O) groups excluding carboxylic acids is 1. The number of ether oxygens (including phenoxy) is 2. The molecule has 0 aromatic heterocycles. The number of hydrogen-bond donors (Lipinski definition) is 0. The van der Waals surface area contributed by atoms with E-state index < -0.39 is 0 Å². The van der Waals surface area contributed by atoms with Gasteiger partial charge in [-0.1, -0.05) is 0 Å². The quantitative estimate of drug-likeness (QED) is 0.515. The Bertz CT molecular complexity index is 170. The fourth-order valence-electron chi connectivity index (χ4n) is 0.585. The van der Waals surface area contributed by atoms with Crippen LogP contribution >= 0.6 is 24.0 Å². The highest BCUT2D eigenvalue weighted by molar-refractivity contribution is 8.23. The molecule has 0 bridgehead atoms. The summed E-state index contributed by atoms with van der Waals surface area (Å²) in [4.78, 5) is 10.9. The Labute approximate surface area is 81.8 Å². The molecule has 0 aliphatic carbocycles. The van der Waals surface area contributed by atoms with E-state index in [9.17, 15) is 4.79 Å². The zero-order valence-electron chi connectivity index (χ0n) is 7.42. The van der Waals surface area contributed by atoms with Crippen LogP contribution in [0.5, 0.6) is 0 Å². The summed E-state index contributed by atoms with van der Waals surface area (Å²) in [6, 6.07) is 0. The third kappa shape index (κ3) is 4.56. The number of esters is 1. The van der Waals surface area contributed by atoms with Crippen molar-refractivity contribution in [1.82, 2.24) is 0 Å². The third-order valence-corrected chi connectivity index (χ3v) is 2.68. The fraction of sp³-hybridized carbons (Fsp3) is 0.714. The van der Waals surface area contributed by atoms with Crippen molar-refractivity contribution in [2.75, 3.05) is 13.7 Å². The summed E-state index contributed by atoms with van der Waals surface area (Å²) in [6.07, 6.45) is 0. The van der Waals surface area contributed by atoms with Gasteiger partial charge in [0.25, 0.3) is 0 Å². The van der Waals surface area contributed by atoms with Crippen molar-refractivity contribution >= 4 is 34.3 Å². The van der Waals surface area contributed by atoms with Crippen molar-refractivity contribution < 1.29 is 14.3 Å². The molecular formula is C7H14O3S2. The van der Waals surface area contributed by atoms with Gasteiger partial charge in [-0.05, 0) is 26.1 Å². The van der Waals surface area contributed by atoms with Gasteiger partial charge in [0.05, 0.1) is 19.0 Å². The molecule has 0 aromatic carbocycles. The summed E-state index contributed by atoms with van der Waals surface area (Å²) in [6.45, 7) is 4.19. The molecule has 0 N–H and O–H groups in total. The molecule has 0 aliphatic rings. The standard InChI is InChI=1S/C7H14O3S2/c1-4-10-7(11)12-5(2)6(8)9-3/h5H,4,12H2,1-3H3. The summed E-state index contributed by atoms with van der Waals surface area (Å²) in [5, 5.41) is -0.186. The van der Waals surface area contributed by atoms with Crippen molar-refractivity contribution in [2.24, 2.45) is 0 Å². The maximum atomic E-state index is 10.9. The Hall–Kier alpha value is -0.290. The third-order valence-electron chi connectivity index (χ3n) is 1.16. The number of carbonyl (C=O) groups is 1. The van der Waals surface area contributed by atoms with Crippen LogP contribution in [0.15, 0.2) is 0 Å². The second kappa shape index (κ2) is 6.25. The van der Waals surface area contributed by atoms with Gasteiger partial charge in [0.1, 0.15) is 0 Å².